The number of carboxylic acid groups (broad SMARTS) is 1. The number of methoxy groups -OCH3 is 1. The molecule has 5 aromatic rings. The lowest BCUT2D eigenvalue weighted by Gasteiger charge is -2.28. The molecule has 0 unspecified atom stereocenters. The Balaban J connectivity index is 0.000000265. The second-order valence-electron chi connectivity index (χ2n) is 15.2. The number of halogens is 7. The van der Waals surface area contributed by atoms with Gasteiger partial charge in [0, 0.05) is 37.7 Å². The molecule has 0 fully saturated rings. The highest BCUT2D eigenvalue weighted by molar-refractivity contribution is 6.14. The number of aliphatic carboxylic acids is 1. The fourth-order valence-corrected chi connectivity index (χ4v) is 6.21. The lowest BCUT2D eigenvalue weighted by Crippen LogP contribution is -2.44. The summed E-state index contributed by atoms with van der Waals surface area (Å²) in [4.78, 5) is 49.9. The molecule has 5 rings (SSSR count). The lowest BCUT2D eigenvalue weighted by atomic mass is 10.0. The van der Waals surface area contributed by atoms with Crippen LogP contribution >= 0.6 is 11.8 Å². The van der Waals surface area contributed by atoms with E-state index in [-0.39, 0.29) is 24.8 Å². The molecule has 0 bridgehead atoms. The van der Waals surface area contributed by atoms with Crippen LogP contribution in [0.2, 0.25) is 0 Å². The highest BCUT2D eigenvalue weighted by Crippen LogP contribution is 2.18. The Morgan fingerprint density at radius 2 is 1.02 bits per heavy atom. The molecule has 5 aromatic carbocycles. The van der Waals surface area contributed by atoms with E-state index < -0.39 is 76.7 Å². The topological polar surface area (TPSA) is 134 Å². The molecule has 3 N–H and O–H groups in total. The van der Waals surface area contributed by atoms with Gasteiger partial charge in [0.2, 0.25) is 0 Å². The van der Waals surface area contributed by atoms with E-state index in [0.717, 1.165) is 53.8 Å². The number of carbonyl (C=O) groups excluding carboxylic acids is 3. The Bertz CT molecular complexity index is 2190. The number of nitrogens with zero attached hydrogens (tertiary/aromatic N) is 1. The van der Waals surface area contributed by atoms with Crippen molar-refractivity contribution in [3.05, 3.63) is 178 Å². The normalized spacial score (nSPS) is 12.3. The smallest absolute Gasteiger partial charge is 0.408 e. The first-order valence-electron chi connectivity index (χ1n) is 19.6. The number of alkyl carbamates (subject to hydrolysis) is 1. The standard InChI is InChI=1S/C23H21F2NO.C14H17F2NO4.C10H10ClF2NO2/c24-21-11-20(12-22(25)14-21)13-23(17-27)26(15-18-7-3-1-4-8-18)16-19-9-5-2-6-10-19;1-14(2,3)21-13(20)17-11(12(18)19)6-8-4-9(15)7-10(16)5-8;1-16-10(15)9(14-11)4-6-2-7(12)5-8(13)3-6/h1-12,14,17,23H,13,15-16H2;4-5,7,11H,6H2,1-3H3,(H,17,20)(H,18,19);2-3,5,9,14H,4H2,1H3/t23-;11-;9-/m000/s1. The number of ether oxygens (including phenoxy) is 2. The van der Waals surface area contributed by atoms with E-state index in [1.807, 2.05) is 65.6 Å². The number of amides is 1. The molecule has 0 aromatic heterocycles. The van der Waals surface area contributed by atoms with Crippen LogP contribution in [0.25, 0.3) is 0 Å². The summed E-state index contributed by atoms with van der Waals surface area (Å²) in [5.41, 5.74) is 2.28. The van der Waals surface area contributed by atoms with E-state index in [2.05, 4.69) is 14.9 Å². The second kappa shape index (κ2) is 25.8. The summed E-state index contributed by atoms with van der Waals surface area (Å²) in [6, 6.07) is 26.1. The van der Waals surface area contributed by atoms with Crippen molar-refractivity contribution in [2.24, 2.45) is 0 Å². The molecular formula is C47H48ClF6N3O7. The maximum atomic E-state index is 13.5. The highest BCUT2D eigenvalue weighted by Gasteiger charge is 2.25. The molecule has 0 aliphatic rings. The molecule has 0 saturated carbocycles. The van der Waals surface area contributed by atoms with Crippen molar-refractivity contribution in [1.29, 1.82) is 0 Å². The Labute approximate surface area is 372 Å². The lowest BCUT2D eigenvalue weighted by molar-refractivity contribution is -0.142. The molecule has 10 nitrogen and oxygen atoms in total. The van der Waals surface area contributed by atoms with E-state index in [9.17, 15) is 45.5 Å². The summed E-state index contributed by atoms with van der Waals surface area (Å²) in [6.45, 7) is 6.02. The Morgan fingerprint density at radius 3 is 1.34 bits per heavy atom. The van der Waals surface area contributed by atoms with Crippen molar-refractivity contribution >= 4 is 36.1 Å². The molecule has 64 heavy (non-hydrogen) atoms. The van der Waals surface area contributed by atoms with E-state index in [0.29, 0.717) is 30.3 Å². The van der Waals surface area contributed by atoms with Crippen molar-refractivity contribution in [3.8, 4) is 0 Å². The minimum atomic E-state index is -1.35. The first-order valence-corrected chi connectivity index (χ1v) is 19.9. The number of nitrogens with one attached hydrogen (secondary N) is 2. The van der Waals surface area contributed by atoms with Crippen LogP contribution in [0.1, 0.15) is 48.6 Å². The monoisotopic (exact) mass is 915 g/mol. The van der Waals surface area contributed by atoms with E-state index in [1.54, 1.807) is 20.8 Å². The molecule has 1 amide bonds. The predicted octanol–water partition coefficient (Wildman–Crippen LogP) is 9.05. The van der Waals surface area contributed by atoms with Gasteiger partial charge in [-0.3, -0.25) is 9.69 Å². The maximum absolute atomic E-state index is 13.5. The van der Waals surface area contributed by atoms with Crippen LogP contribution in [0.15, 0.2) is 115 Å². The number of carboxylic acids is 1. The van der Waals surface area contributed by atoms with Crippen molar-refractivity contribution in [2.45, 2.75) is 76.8 Å². The zero-order valence-electron chi connectivity index (χ0n) is 35.3. The maximum Gasteiger partial charge on any atom is 0.408 e. The minimum Gasteiger partial charge on any atom is -0.480 e. The minimum absolute atomic E-state index is 0.0465. The highest BCUT2D eigenvalue weighted by atomic mass is 35.5. The third-order valence-corrected chi connectivity index (χ3v) is 9.04. The van der Waals surface area contributed by atoms with Crippen molar-refractivity contribution in [3.63, 3.8) is 0 Å². The quantitative estimate of drug-likeness (QED) is 0.0384. The molecule has 0 aliphatic carbocycles. The van der Waals surface area contributed by atoms with Gasteiger partial charge in [0.15, 0.2) is 0 Å². The van der Waals surface area contributed by atoms with Crippen LogP contribution in [0.4, 0.5) is 31.1 Å². The van der Waals surface area contributed by atoms with Gasteiger partial charge in [-0.2, -0.15) is 0 Å². The average molecular weight is 916 g/mol. The number of aldehydes is 1. The average Bonchev–Trinajstić information content (AvgIpc) is 3.20. The fourth-order valence-electron chi connectivity index (χ4n) is 6.05. The number of carbonyl (C=O) groups is 4. The third-order valence-electron chi connectivity index (χ3n) is 8.78. The van der Waals surface area contributed by atoms with Gasteiger partial charge in [-0.15, -0.1) is 0 Å². The van der Waals surface area contributed by atoms with Crippen molar-refractivity contribution in [1.82, 2.24) is 15.1 Å². The molecule has 0 aliphatic heterocycles. The Morgan fingerprint density at radius 1 is 0.641 bits per heavy atom. The summed E-state index contributed by atoms with van der Waals surface area (Å²) in [5.74, 6) is -6.22. The predicted molar refractivity (Wildman–Crippen MR) is 228 cm³/mol. The molecule has 342 valence electrons. The zero-order chi connectivity index (χ0) is 47.4. The van der Waals surface area contributed by atoms with Gasteiger partial charge >= 0.3 is 18.0 Å². The van der Waals surface area contributed by atoms with Gasteiger partial charge in [-0.1, -0.05) is 60.7 Å². The number of hydrogen-bond donors (Lipinski definition) is 3. The summed E-state index contributed by atoms with van der Waals surface area (Å²) in [6.07, 6.45) is -0.0209. The molecular weight excluding hydrogens is 868 g/mol. The van der Waals surface area contributed by atoms with Crippen LogP contribution in [0, 0.1) is 34.9 Å². The number of esters is 1. The molecule has 0 saturated heterocycles. The van der Waals surface area contributed by atoms with E-state index in [1.165, 1.54) is 19.2 Å². The van der Waals surface area contributed by atoms with E-state index >= 15 is 0 Å². The van der Waals surface area contributed by atoms with Gasteiger partial charge in [0.25, 0.3) is 0 Å². The summed E-state index contributed by atoms with van der Waals surface area (Å²) < 4.78 is 88.3. The van der Waals surface area contributed by atoms with Gasteiger partial charge in [0.05, 0.1) is 13.2 Å². The van der Waals surface area contributed by atoms with E-state index in [4.69, 9.17) is 21.6 Å². The second-order valence-corrected chi connectivity index (χ2v) is 15.5. The number of rotatable bonds is 16. The summed E-state index contributed by atoms with van der Waals surface area (Å²) in [7, 11) is 1.20. The fraction of sp³-hybridized carbons (Fsp3) is 0.277. The van der Waals surface area contributed by atoms with Crippen LogP contribution in [-0.2, 0) is 56.2 Å². The van der Waals surface area contributed by atoms with Crippen molar-refractivity contribution < 1.29 is 60.1 Å². The summed E-state index contributed by atoms with van der Waals surface area (Å²) >= 11 is 5.33. The third kappa shape index (κ3) is 19.4. The Kier molecular flexibility index (Phi) is 21.0. The van der Waals surface area contributed by atoms with Gasteiger partial charge in [-0.25, -0.2) is 40.8 Å². The van der Waals surface area contributed by atoms with Crippen LogP contribution in [-0.4, -0.2) is 65.2 Å². The number of hydrogen-bond acceptors (Lipinski definition) is 8. The number of benzene rings is 5. The Hall–Kier alpha value is -6.23. The first-order chi connectivity index (χ1) is 30.3. The van der Waals surface area contributed by atoms with Crippen LogP contribution in [0.3, 0.4) is 0 Å². The zero-order valence-corrected chi connectivity index (χ0v) is 36.1. The first kappa shape index (κ1) is 52.1. The van der Waals surface area contributed by atoms with Crippen molar-refractivity contribution in [2.75, 3.05) is 7.11 Å². The van der Waals surface area contributed by atoms with Crippen LogP contribution < -0.4 is 10.2 Å². The molecule has 0 heterocycles. The molecule has 17 heteroatoms. The molecule has 0 spiro atoms. The van der Waals surface area contributed by atoms with Crippen LogP contribution in [0.5, 0.6) is 0 Å². The van der Waals surface area contributed by atoms with Gasteiger partial charge < -0.3 is 24.7 Å². The SMILES string of the molecule is CC(C)(C)OC(=O)N[C@@H](Cc1cc(F)cc(F)c1)C(=O)O.COC(=O)[C@H](Cc1cc(F)cc(F)c1)NCl.O=C[C@H](Cc1cc(F)cc(F)c1)N(Cc1ccccc1)Cc1ccccc1. The largest absolute Gasteiger partial charge is 0.480 e. The molecule has 3 atom stereocenters. The summed E-state index contributed by atoms with van der Waals surface area (Å²) in [5, 5.41) is 11.2. The van der Waals surface area contributed by atoms with Gasteiger partial charge in [-0.05, 0) is 110 Å². The van der Waals surface area contributed by atoms with Gasteiger partial charge in [0.1, 0.15) is 58.9 Å². The molecule has 0 radical (unpaired) electrons.